The highest BCUT2D eigenvalue weighted by Gasteiger charge is 2.61. The van der Waals surface area contributed by atoms with Gasteiger partial charge in [0.05, 0.1) is 33.0 Å². The third-order valence-corrected chi connectivity index (χ3v) is 6.76. The second-order valence-corrected chi connectivity index (χ2v) is 8.93. The largest absolute Gasteiger partial charge is 0.497 e. The Labute approximate surface area is 187 Å². The molecule has 0 radical (unpaired) electrons. The molecule has 2 aromatic carbocycles. The maximum Gasteiger partial charge on any atom is 0.134 e. The van der Waals surface area contributed by atoms with E-state index in [0.29, 0.717) is 13.2 Å². The molecule has 32 heavy (non-hydrogen) atoms. The van der Waals surface area contributed by atoms with Gasteiger partial charge in [0, 0.05) is 52.8 Å². The molecule has 0 unspecified atom stereocenters. The number of hydrogen-bond acceptors (Lipinski definition) is 7. The van der Waals surface area contributed by atoms with Gasteiger partial charge in [0.2, 0.25) is 0 Å². The van der Waals surface area contributed by atoms with Crippen molar-refractivity contribution in [2.24, 2.45) is 5.41 Å². The van der Waals surface area contributed by atoms with Crippen LogP contribution in [0.5, 0.6) is 11.5 Å². The zero-order valence-corrected chi connectivity index (χ0v) is 18.5. The number of benzene rings is 2. The van der Waals surface area contributed by atoms with Gasteiger partial charge in [-0.05, 0) is 37.1 Å². The van der Waals surface area contributed by atoms with Gasteiger partial charge in [-0.25, -0.2) is 4.98 Å². The minimum absolute atomic E-state index is 0.00996. The van der Waals surface area contributed by atoms with Crippen molar-refractivity contribution in [2.75, 3.05) is 44.6 Å². The quantitative estimate of drug-likeness (QED) is 0.471. The summed E-state index contributed by atoms with van der Waals surface area (Å²) in [6.45, 7) is 2.19. The van der Waals surface area contributed by atoms with E-state index in [-0.39, 0.29) is 17.6 Å². The van der Waals surface area contributed by atoms with Gasteiger partial charge in [-0.3, -0.25) is 0 Å². The number of nitrogens with zero attached hydrogens (tertiary/aromatic N) is 1. The molecule has 1 aromatic heterocycles. The van der Waals surface area contributed by atoms with Crippen LogP contribution < -0.4 is 20.1 Å². The standard InChI is InChI=1S/C25H29N3O4/c1-30-18-7-6-17(22(10-18)31-2)11-27-23-20-4-3-5-21(19(20)8-9-26-23)28-14-25-12-24(13-25,15-29)16-32-25/h3-10,28-29H,11-16H2,1-2H3,(H,26,27). The number of rotatable bonds is 9. The summed E-state index contributed by atoms with van der Waals surface area (Å²) in [5, 5.41) is 18.8. The Bertz CT molecular complexity index is 1130. The van der Waals surface area contributed by atoms with E-state index in [1.807, 2.05) is 36.5 Å². The van der Waals surface area contributed by atoms with E-state index in [4.69, 9.17) is 14.2 Å². The summed E-state index contributed by atoms with van der Waals surface area (Å²) >= 11 is 0. The number of aliphatic hydroxyl groups excluding tert-OH is 1. The van der Waals surface area contributed by atoms with Gasteiger partial charge in [-0.1, -0.05) is 12.1 Å². The van der Waals surface area contributed by atoms with Gasteiger partial charge in [0.25, 0.3) is 0 Å². The maximum absolute atomic E-state index is 9.60. The average Bonchev–Trinajstić information content (AvgIpc) is 3.37. The lowest BCUT2D eigenvalue weighted by molar-refractivity contribution is -0.0167. The highest BCUT2D eigenvalue weighted by Crippen LogP contribution is 2.57. The number of pyridine rings is 1. The number of ether oxygens (including phenoxy) is 3. The molecule has 6 rings (SSSR count). The molecule has 2 saturated heterocycles. The van der Waals surface area contributed by atoms with Crippen LogP contribution in [0, 0.1) is 5.41 Å². The Balaban J connectivity index is 1.32. The predicted molar refractivity (Wildman–Crippen MR) is 125 cm³/mol. The summed E-state index contributed by atoms with van der Waals surface area (Å²) in [6, 6.07) is 14.0. The monoisotopic (exact) mass is 435 g/mol. The molecule has 7 nitrogen and oxygen atoms in total. The van der Waals surface area contributed by atoms with Crippen molar-refractivity contribution in [3.05, 3.63) is 54.2 Å². The van der Waals surface area contributed by atoms with Crippen LogP contribution in [0.1, 0.15) is 18.4 Å². The van der Waals surface area contributed by atoms with Gasteiger partial charge < -0.3 is 30.0 Å². The van der Waals surface area contributed by atoms with E-state index in [1.54, 1.807) is 14.2 Å². The minimum Gasteiger partial charge on any atom is -0.497 e. The lowest BCUT2D eigenvalue weighted by Gasteiger charge is -2.43. The molecule has 2 aliphatic heterocycles. The Morgan fingerprint density at radius 1 is 1.06 bits per heavy atom. The first-order chi connectivity index (χ1) is 15.6. The molecule has 0 amide bonds. The Morgan fingerprint density at radius 2 is 1.94 bits per heavy atom. The van der Waals surface area contributed by atoms with Crippen LogP contribution in [0.25, 0.3) is 10.8 Å². The first-order valence-electron chi connectivity index (χ1n) is 10.9. The average molecular weight is 436 g/mol. The van der Waals surface area contributed by atoms with Crippen molar-refractivity contribution in [3.63, 3.8) is 0 Å². The topological polar surface area (TPSA) is 84.9 Å². The van der Waals surface area contributed by atoms with Crippen LogP contribution in [-0.4, -0.2) is 49.7 Å². The van der Waals surface area contributed by atoms with Gasteiger partial charge in [-0.15, -0.1) is 0 Å². The van der Waals surface area contributed by atoms with Gasteiger partial charge >= 0.3 is 0 Å². The fraction of sp³-hybridized carbons (Fsp3) is 0.400. The molecular formula is C25H29N3O4. The highest BCUT2D eigenvalue weighted by molar-refractivity contribution is 5.99. The summed E-state index contributed by atoms with van der Waals surface area (Å²) in [5.41, 5.74) is 1.92. The van der Waals surface area contributed by atoms with Crippen LogP contribution >= 0.6 is 0 Å². The van der Waals surface area contributed by atoms with E-state index in [1.165, 1.54) is 0 Å². The molecule has 1 aliphatic carbocycles. The molecule has 3 aliphatic rings. The van der Waals surface area contributed by atoms with Gasteiger partial charge in [0.15, 0.2) is 0 Å². The minimum atomic E-state index is -0.149. The molecule has 1 saturated carbocycles. The van der Waals surface area contributed by atoms with E-state index in [0.717, 1.165) is 58.7 Å². The number of fused-ring (bicyclic) bond motifs is 2. The molecule has 168 valence electrons. The Kier molecular flexibility index (Phi) is 5.31. The van der Waals surface area contributed by atoms with Crippen molar-refractivity contribution in [2.45, 2.75) is 25.0 Å². The Morgan fingerprint density at radius 3 is 2.69 bits per heavy atom. The molecule has 0 atom stereocenters. The number of aromatic nitrogens is 1. The zero-order valence-electron chi connectivity index (χ0n) is 18.5. The SMILES string of the molecule is COc1ccc(CNc2nccc3c(NCC45CC(CO)(CO4)C5)cccc23)c(OC)c1. The number of aliphatic hydroxyl groups is 1. The van der Waals surface area contributed by atoms with Crippen molar-refractivity contribution >= 4 is 22.3 Å². The third kappa shape index (κ3) is 3.61. The number of methoxy groups -OCH3 is 2. The first-order valence-corrected chi connectivity index (χ1v) is 10.9. The molecule has 0 spiro atoms. The van der Waals surface area contributed by atoms with Crippen molar-refractivity contribution in [3.8, 4) is 11.5 Å². The van der Waals surface area contributed by atoms with E-state index in [9.17, 15) is 5.11 Å². The number of anilines is 2. The maximum atomic E-state index is 9.60. The smallest absolute Gasteiger partial charge is 0.134 e. The van der Waals surface area contributed by atoms with Crippen LogP contribution in [-0.2, 0) is 11.3 Å². The molecular weight excluding hydrogens is 406 g/mol. The van der Waals surface area contributed by atoms with Crippen LogP contribution in [0.4, 0.5) is 11.5 Å². The summed E-state index contributed by atoms with van der Waals surface area (Å²) in [7, 11) is 3.30. The van der Waals surface area contributed by atoms with Gasteiger partial charge in [0.1, 0.15) is 17.3 Å². The second-order valence-electron chi connectivity index (χ2n) is 8.93. The van der Waals surface area contributed by atoms with Crippen molar-refractivity contribution in [1.82, 2.24) is 4.98 Å². The van der Waals surface area contributed by atoms with Crippen LogP contribution in [0.3, 0.4) is 0 Å². The fourth-order valence-electron chi connectivity index (χ4n) is 5.09. The fourth-order valence-corrected chi connectivity index (χ4v) is 5.09. The van der Waals surface area contributed by atoms with Crippen molar-refractivity contribution < 1.29 is 19.3 Å². The molecule has 3 fully saturated rings. The van der Waals surface area contributed by atoms with Gasteiger partial charge in [-0.2, -0.15) is 0 Å². The van der Waals surface area contributed by atoms with Crippen LogP contribution in [0.2, 0.25) is 0 Å². The summed E-state index contributed by atoms with van der Waals surface area (Å²) in [5.74, 6) is 2.36. The lowest BCUT2D eigenvalue weighted by Crippen LogP contribution is -2.50. The Hall–Kier alpha value is -3.03. The molecule has 3 aromatic rings. The third-order valence-electron chi connectivity index (χ3n) is 6.76. The first kappa shape index (κ1) is 20.8. The highest BCUT2D eigenvalue weighted by atomic mass is 16.5. The second kappa shape index (κ2) is 8.15. The molecule has 3 heterocycles. The summed E-state index contributed by atoms with van der Waals surface area (Å²) in [4.78, 5) is 4.57. The normalized spacial score (nSPS) is 23.6. The van der Waals surface area contributed by atoms with Crippen LogP contribution in [0.15, 0.2) is 48.7 Å². The molecule has 7 heteroatoms. The lowest BCUT2D eigenvalue weighted by atomic mass is 9.63. The predicted octanol–water partition coefficient (Wildman–Crippen LogP) is 3.82. The van der Waals surface area contributed by atoms with E-state index < -0.39 is 0 Å². The van der Waals surface area contributed by atoms with E-state index in [2.05, 4.69) is 27.8 Å². The number of hydrogen-bond donors (Lipinski definition) is 3. The van der Waals surface area contributed by atoms with Crippen molar-refractivity contribution in [1.29, 1.82) is 0 Å². The summed E-state index contributed by atoms with van der Waals surface area (Å²) in [6.07, 6.45) is 3.67. The molecule has 3 N–H and O–H groups in total. The van der Waals surface area contributed by atoms with E-state index >= 15 is 0 Å². The summed E-state index contributed by atoms with van der Waals surface area (Å²) < 4.78 is 16.8. The zero-order chi connectivity index (χ0) is 22.2. The molecule has 2 bridgehead atoms. The number of nitrogens with one attached hydrogen (secondary N) is 2.